The summed E-state index contributed by atoms with van der Waals surface area (Å²) in [6.07, 6.45) is 3.19. The number of nitrogens with zero attached hydrogens (tertiary/aromatic N) is 1. The fourth-order valence-electron chi connectivity index (χ4n) is 2.45. The lowest BCUT2D eigenvalue weighted by Gasteiger charge is -2.09. The van der Waals surface area contributed by atoms with E-state index in [4.69, 9.17) is 14.2 Å². The highest BCUT2D eigenvalue weighted by molar-refractivity contribution is 5.90. The average Bonchev–Trinajstić information content (AvgIpc) is 2.72. The van der Waals surface area contributed by atoms with Gasteiger partial charge in [-0.15, -0.1) is 0 Å². The van der Waals surface area contributed by atoms with Crippen molar-refractivity contribution in [3.63, 3.8) is 0 Å². The third-order valence-corrected chi connectivity index (χ3v) is 3.83. The Morgan fingerprint density at radius 3 is 2.44 bits per heavy atom. The molecule has 0 N–H and O–H groups in total. The summed E-state index contributed by atoms with van der Waals surface area (Å²) in [4.78, 5) is 16.0. The van der Waals surface area contributed by atoms with E-state index >= 15 is 0 Å². The van der Waals surface area contributed by atoms with Crippen molar-refractivity contribution < 1.29 is 23.4 Å². The first-order valence-electron chi connectivity index (χ1n) is 8.31. The summed E-state index contributed by atoms with van der Waals surface area (Å²) in [6, 6.07) is 15.1. The fourth-order valence-corrected chi connectivity index (χ4v) is 2.45. The second-order valence-electron chi connectivity index (χ2n) is 5.60. The van der Waals surface area contributed by atoms with Crippen LogP contribution in [-0.4, -0.2) is 31.3 Å². The summed E-state index contributed by atoms with van der Waals surface area (Å²) >= 11 is 0. The van der Waals surface area contributed by atoms with Crippen LogP contribution >= 0.6 is 0 Å². The minimum absolute atomic E-state index is 0.00734. The van der Waals surface area contributed by atoms with E-state index in [-0.39, 0.29) is 18.8 Å². The molecular weight excluding hydrogens is 349 g/mol. The van der Waals surface area contributed by atoms with Crippen molar-refractivity contribution >= 4 is 5.97 Å². The molecule has 0 aliphatic heterocycles. The molecule has 0 fully saturated rings. The Morgan fingerprint density at radius 2 is 1.78 bits per heavy atom. The molecule has 0 saturated carbocycles. The molecule has 6 heteroatoms. The molecule has 0 amide bonds. The smallest absolute Gasteiger partial charge is 0.341 e. The Labute approximate surface area is 156 Å². The molecule has 0 spiro atoms. The molecule has 5 nitrogen and oxygen atoms in total. The van der Waals surface area contributed by atoms with Gasteiger partial charge in [0.25, 0.3) is 0 Å². The Hall–Kier alpha value is -3.41. The summed E-state index contributed by atoms with van der Waals surface area (Å²) in [7, 11) is 1.58. The molecule has 0 bridgehead atoms. The van der Waals surface area contributed by atoms with E-state index in [1.54, 1.807) is 49.8 Å². The Kier molecular flexibility index (Phi) is 5.99. The SMILES string of the molecule is COc1ccc(-c2ccc(C(=O)OCCOc3cccnc3)c(F)c2)cc1. The minimum atomic E-state index is -0.733. The summed E-state index contributed by atoms with van der Waals surface area (Å²) < 4.78 is 29.9. The molecule has 1 aromatic heterocycles. The lowest BCUT2D eigenvalue weighted by Crippen LogP contribution is -2.13. The van der Waals surface area contributed by atoms with E-state index in [0.29, 0.717) is 17.1 Å². The zero-order valence-electron chi connectivity index (χ0n) is 14.7. The highest BCUT2D eigenvalue weighted by Crippen LogP contribution is 2.24. The second kappa shape index (κ2) is 8.80. The normalized spacial score (nSPS) is 10.3. The van der Waals surface area contributed by atoms with Crippen molar-refractivity contribution in [2.24, 2.45) is 0 Å². The first-order valence-corrected chi connectivity index (χ1v) is 8.31. The van der Waals surface area contributed by atoms with Crippen LogP contribution < -0.4 is 9.47 Å². The molecule has 0 atom stereocenters. The maximum atomic E-state index is 14.3. The van der Waals surface area contributed by atoms with Gasteiger partial charge < -0.3 is 14.2 Å². The van der Waals surface area contributed by atoms with Crippen molar-refractivity contribution in [3.05, 3.63) is 78.4 Å². The number of esters is 1. The van der Waals surface area contributed by atoms with Crippen molar-refractivity contribution in [3.8, 4) is 22.6 Å². The van der Waals surface area contributed by atoms with Crippen LogP contribution in [0.4, 0.5) is 4.39 Å². The van der Waals surface area contributed by atoms with Crippen LogP contribution in [0, 0.1) is 5.82 Å². The standard InChI is InChI=1S/C21H18FNO4/c1-25-17-7-4-15(5-8-17)16-6-9-19(20(22)13-16)21(24)27-12-11-26-18-3-2-10-23-14-18/h2-10,13-14H,11-12H2,1H3. The number of ether oxygens (including phenoxy) is 3. The van der Waals surface area contributed by atoms with E-state index in [1.165, 1.54) is 12.1 Å². The summed E-state index contributed by atoms with van der Waals surface area (Å²) in [6.45, 7) is 0.163. The number of carbonyl (C=O) groups is 1. The predicted molar refractivity (Wildman–Crippen MR) is 98.4 cm³/mol. The number of benzene rings is 2. The summed E-state index contributed by atoms with van der Waals surface area (Å²) in [5.74, 6) is -0.0819. The molecule has 3 aromatic rings. The molecule has 2 aromatic carbocycles. The second-order valence-corrected chi connectivity index (χ2v) is 5.60. The van der Waals surface area contributed by atoms with Crippen LogP contribution in [0.1, 0.15) is 10.4 Å². The predicted octanol–water partition coefficient (Wildman–Crippen LogP) is 4.13. The van der Waals surface area contributed by atoms with Crippen molar-refractivity contribution in [1.82, 2.24) is 4.98 Å². The van der Waals surface area contributed by atoms with Crippen molar-refractivity contribution in [1.29, 1.82) is 0 Å². The molecule has 0 saturated heterocycles. The number of hydrogen-bond acceptors (Lipinski definition) is 5. The minimum Gasteiger partial charge on any atom is -0.497 e. The maximum Gasteiger partial charge on any atom is 0.341 e. The molecule has 3 rings (SSSR count). The number of aromatic nitrogens is 1. The molecule has 0 radical (unpaired) electrons. The number of carbonyl (C=O) groups excluding carboxylic acids is 1. The van der Waals surface area contributed by atoms with E-state index < -0.39 is 11.8 Å². The topological polar surface area (TPSA) is 57.7 Å². The molecule has 0 unspecified atom stereocenters. The van der Waals surface area contributed by atoms with Gasteiger partial charge in [-0.3, -0.25) is 4.98 Å². The zero-order valence-corrected chi connectivity index (χ0v) is 14.7. The van der Waals surface area contributed by atoms with Crippen LogP contribution in [-0.2, 0) is 4.74 Å². The Morgan fingerprint density at radius 1 is 1.00 bits per heavy atom. The van der Waals surface area contributed by atoms with Gasteiger partial charge in [0.05, 0.1) is 18.9 Å². The molecule has 0 aliphatic carbocycles. The maximum absolute atomic E-state index is 14.3. The van der Waals surface area contributed by atoms with Gasteiger partial charge in [0.2, 0.25) is 0 Å². The molecular formula is C21H18FNO4. The quantitative estimate of drug-likeness (QED) is 0.464. The summed E-state index contributed by atoms with van der Waals surface area (Å²) in [5.41, 5.74) is 1.36. The molecule has 0 aliphatic rings. The fraction of sp³-hybridized carbons (Fsp3) is 0.143. The van der Waals surface area contributed by atoms with E-state index in [0.717, 1.165) is 5.56 Å². The van der Waals surface area contributed by atoms with Crippen LogP contribution in [0.25, 0.3) is 11.1 Å². The van der Waals surface area contributed by atoms with Gasteiger partial charge in [0.15, 0.2) is 0 Å². The van der Waals surface area contributed by atoms with Gasteiger partial charge in [0, 0.05) is 6.20 Å². The first kappa shape index (κ1) is 18.4. The van der Waals surface area contributed by atoms with Crippen LogP contribution in [0.15, 0.2) is 67.0 Å². The van der Waals surface area contributed by atoms with Gasteiger partial charge >= 0.3 is 5.97 Å². The van der Waals surface area contributed by atoms with Crippen molar-refractivity contribution in [2.75, 3.05) is 20.3 Å². The molecule has 138 valence electrons. The lowest BCUT2D eigenvalue weighted by atomic mass is 10.0. The first-order chi connectivity index (χ1) is 13.2. The monoisotopic (exact) mass is 367 g/mol. The number of rotatable bonds is 7. The van der Waals surface area contributed by atoms with Gasteiger partial charge in [-0.1, -0.05) is 18.2 Å². The Balaban J connectivity index is 1.58. The average molecular weight is 367 g/mol. The largest absolute Gasteiger partial charge is 0.497 e. The lowest BCUT2D eigenvalue weighted by molar-refractivity contribution is 0.0445. The molecule has 27 heavy (non-hydrogen) atoms. The summed E-state index contributed by atoms with van der Waals surface area (Å²) in [5, 5.41) is 0. The van der Waals surface area contributed by atoms with E-state index in [1.807, 2.05) is 12.1 Å². The van der Waals surface area contributed by atoms with E-state index in [2.05, 4.69) is 4.98 Å². The van der Waals surface area contributed by atoms with Crippen LogP contribution in [0.5, 0.6) is 11.5 Å². The number of hydrogen-bond donors (Lipinski definition) is 0. The molecule has 1 heterocycles. The number of methoxy groups -OCH3 is 1. The number of pyridine rings is 1. The highest BCUT2D eigenvalue weighted by Gasteiger charge is 2.14. The zero-order chi connectivity index (χ0) is 19.1. The Bertz CT molecular complexity index is 898. The van der Waals surface area contributed by atoms with Gasteiger partial charge in [-0.05, 0) is 47.5 Å². The number of halogens is 1. The van der Waals surface area contributed by atoms with Crippen LogP contribution in [0.2, 0.25) is 0 Å². The van der Waals surface area contributed by atoms with Gasteiger partial charge in [-0.25, -0.2) is 9.18 Å². The highest BCUT2D eigenvalue weighted by atomic mass is 19.1. The van der Waals surface area contributed by atoms with E-state index in [9.17, 15) is 9.18 Å². The van der Waals surface area contributed by atoms with Gasteiger partial charge in [-0.2, -0.15) is 0 Å². The third kappa shape index (κ3) is 4.82. The third-order valence-electron chi connectivity index (χ3n) is 3.83. The van der Waals surface area contributed by atoms with Crippen LogP contribution in [0.3, 0.4) is 0 Å². The van der Waals surface area contributed by atoms with Crippen molar-refractivity contribution in [2.45, 2.75) is 0 Å². The van der Waals surface area contributed by atoms with Gasteiger partial charge in [0.1, 0.15) is 30.5 Å².